The van der Waals surface area contributed by atoms with Crippen LogP contribution in [0.2, 0.25) is 5.02 Å². The molecule has 1 aliphatic rings. The van der Waals surface area contributed by atoms with E-state index < -0.39 is 12.0 Å². The first kappa shape index (κ1) is 15.7. The summed E-state index contributed by atoms with van der Waals surface area (Å²) in [6.45, 7) is 1.02. The van der Waals surface area contributed by atoms with Gasteiger partial charge in [-0.15, -0.1) is 0 Å². The Morgan fingerprint density at radius 2 is 2.24 bits per heavy atom. The number of benzene rings is 1. The minimum absolute atomic E-state index is 0.0491. The first-order valence-electron chi connectivity index (χ1n) is 6.68. The molecule has 21 heavy (non-hydrogen) atoms. The van der Waals surface area contributed by atoms with Crippen LogP contribution < -0.4 is 19.9 Å². The molecule has 1 heterocycles. The quantitative estimate of drug-likeness (QED) is 0.867. The molecule has 0 saturated carbocycles. The maximum atomic E-state index is 10.7. The Balaban J connectivity index is 2.44. The van der Waals surface area contributed by atoms with Crippen LogP contribution in [-0.4, -0.2) is 31.4 Å². The number of carboxylic acids is 1. The zero-order valence-electron chi connectivity index (χ0n) is 11.7. The number of hydrogen-bond acceptors (Lipinski definition) is 5. The van der Waals surface area contributed by atoms with Gasteiger partial charge in [0.15, 0.2) is 11.5 Å². The number of hydrogen-bond donors (Lipinski definition) is 2. The second-order valence-electron chi connectivity index (χ2n) is 4.72. The molecule has 1 aromatic rings. The third-order valence-electron chi connectivity index (χ3n) is 3.22. The van der Waals surface area contributed by atoms with Gasteiger partial charge in [-0.1, -0.05) is 11.6 Å². The lowest BCUT2D eigenvalue weighted by atomic mass is 10.00. The number of carboxylic acid groups (broad SMARTS) is 1. The van der Waals surface area contributed by atoms with E-state index in [4.69, 9.17) is 36.7 Å². The summed E-state index contributed by atoms with van der Waals surface area (Å²) in [7, 11) is 1.48. The first-order chi connectivity index (χ1) is 10.0. The van der Waals surface area contributed by atoms with Crippen LogP contribution in [0.3, 0.4) is 0 Å². The molecular weight excluding hydrogens is 298 g/mol. The van der Waals surface area contributed by atoms with Crippen LogP contribution in [0, 0.1) is 0 Å². The molecule has 0 aromatic heterocycles. The Labute approximate surface area is 127 Å². The van der Waals surface area contributed by atoms with Crippen molar-refractivity contribution in [1.82, 2.24) is 0 Å². The van der Waals surface area contributed by atoms with Crippen molar-refractivity contribution >= 4 is 17.6 Å². The summed E-state index contributed by atoms with van der Waals surface area (Å²) in [6, 6.07) is 1.07. The average Bonchev–Trinajstić information content (AvgIpc) is 2.68. The van der Waals surface area contributed by atoms with Crippen molar-refractivity contribution in [1.29, 1.82) is 0 Å². The Kier molecular flexibility index (Phi) is 5.14. The highest BCUT2D eigenvalue weighted by Crippen LogP contribution is 2.47. The van der Waals surface area contributed by atoms with Crippen LogP contribution in [0.1, 0.15) is 30.9 Å². The van der Waals surface area contributed by atoms with Crippen molar-refractivity contribution in [2.45, 2.75) is 25.3 Å². The lowest BCUT2D eigenvalue weighted by molar-refractivity contribution is -0.137. The number of nitrogens with two attached hydrogens (primary N) is 1. The van der Waals surface area contributed by atoms with Crippen molar-refractivity contribution in [2.75, 3.05) is 20.3 Å². The summed E-state index contributed by atoms with van der Waals surface area (Å²) in [5.41, 5.74) is 6.68. The van der Waals surface area contributed by atoms with Crippen LogP contribution in [0.25, 0.3) is 0 Å². The summed E-state index contributed by atoms with van der Waals surface area (Å²) < 4.78 is 16.6. The summed E-state index contributed by atoms with van der Waals surface area (Å²) in [5.74, 6) is 0.499. The van der Waals surface area contributed by atoms with Gasteiger partial charge < -0.3 is 25.1 Å². The number of ether oxygens (including phenoxy) is 3. The maximum Gasteiger partial charge on any atom is 0.303 e. The van der Waals surface area contributed by atoms with Crippen molar-refractivity contribution < 1.29 is 24.1 Å². The van der Waals surface area contributed by atoms with Crippen molar-refractivity contribution in [3.05, 3.63) is 16.7 Å². The largest absolute Gasteiger partial charge is 0.495 e. The van der Waals surface area contributed by atoms with Gasteiger partial charge in [-0.3, -0.25) is 4.79 Å². The topological polar surface area (TPSA) is 91.0 Å². The van der Waals surface area contributed by atoms with Crippen LogP contribution in [0.5, 0.6) is 17.2 Å². The molecule has 1 aliphatic heterocycles. The Hall–Kier alpha value is -1.66. The highest BCUT2D eigenvalue weighted by atomic mass is 35.5. The summed E-state index contributed by atoms with van der Waals surface area (Å²) in [5, 5.41) is 9.17. The van der Waals surface area contributed by atoms with Gasteiger partial charge in [-0.2, -0.15) is 0 Å². The molecule has 6 nitrogen and oxygen atoms in total. The fraction of sp³-hybridized carbons (Fsp3) is 0.500. The molecule has 0 saturated heterocycles. The molecule has 0 amide bonds. The molecule has 3 N–H and O–H groups in total. The molecular formula is C14H18ClNO5. The minimum atomic E-state index is -0.908. The average molecular weight is 316 g/mol. The predicted molar refractivity (Wildman–Crippen MR) is 77.4 cm³/mol. The zero-order valence-corrected chi connectivity index (χ0v) is 12.5. The van der Waals surface area contributed by atoms with E-state index in [9.17, 15) is 4.79 Å². The predicted octanol–water partition coefficient (Wildman–Crippen LogP) is 2.37. The van der Waals surface area contributed by atoms with Gasteiger partial charge >= 0.3 is 5.97 Å². The molecule has 1 unspecified atom stereocenters. The van der Waals surface area contributed by atoms with Gasteiger partial charge in [0.1, 0.15) is 5.75 Å². The Morgan fingerprint density at radius 3 is 2.90 bits per heavy atom. The maximum absolute atomic E-state index is 10.7. The zero-order chi connectivity index (χ0) is 15.4. The molecule has 0 aliphatic carbocycles. The van der Waals surface area contributed by atoms with Crippen molar-refractivity contribution in [2.24, 2.45) is 5.73 Å². The molecule has 7 heteroatoms. The normalized spacial score (nSPS) is 15.2. The standard InChI is InChI=1S/C14H18ClNO5/c1-19-13-8(15)7-10-14(21-6-2-5-20-10)12(13)9(16)3-4-11(17)18/h7,9H,2-6,16H2,1H3,(H,17,18). The van der Waals surface area contributed by atoms with E-state index in [1.54, 1.807) is 6.07 Å². The van der Waals surface area contributed by atoms with Gasteiger partial charge in [0.25, 0.3) is 0 Å². The highest BCUT2D eigenvalue weighted by molar-refractivity contribution is 6.32. The molecule has 116 valence electrons. The van der Waals surface area contributed by atoms with Crippen LogP contribution >= 0.6 is 11.6 Å². The number of rotatable bonds is 5. The number of fused-ring (bicyclic) bond motifs is 1. The number of aliphatic carboxylic acids is 1. The van der Waals surface area contributed by atoms with E-state index in [-0.39, 0.29) is 12.8 Å². The molecule has 1 atom stereocenters. The first-order valence-corrected chi connectivity index (χ1v) is 7.05. The molecule has 2 rings (SSSR count). The van der Waals surface area contributed by atoms with E-state index in [1.807, 2.05) is 0 Å². The van der Waals surface area contributed by atoms with Gasteiger partial charge in [0.2, 0.25) is 0 Å². The highest BCUT2D eigenvalue weighted by Gasteiger charge is 2.26. The second-order valence-corrected chi connectivity index (χ2v) is 5.13. The fourth-order valence-electron chi connectivity index (χ4n) is 2.25. The molecule has 1 aromatic carbocycles. The summed E-state index contributed by atoms with van der Waals surface area (Å²) >= 11 is 6.19. The Bertz CT molecular complexity index is 535. The van der Waals surface area contributed by atoms with Gasteiger partial charge in [-0.25, -0.2) is 0 Å². The van der Waals surface area contributed by atoms with E-state index in [1.165, 1.54) is 7.11 Å². The van der Waals surface area contributed by atoms with Crippen LogP contribution in [0.4, 0.5) is 0 Å². The smallest absolute Gasteiger partial charge is 0.303 e. The van der Waals surface area contributed by atoms with Crippen molar-refractivity contribution in [3.63, 3.8) is 0 Å². The summed E-state index contributed by atoms with van der Waals surface area (Å²) in [4.78, 5) is 10.7. The minimum Gasteiger partial charge on any atom is -0.495 e. The van der Waals surface area contributed by atoms with Crippen molar-refractivity contribution in [3.8, 4) is 17.2 Å². The van der Waals surface area contributed by atoms with Gasteiger partial charge in [0, 0.05) is 24.9 Å². The van der Waals surface area contributed by atoms with Gasteiger partial charge in [-0.05, 0) is 6.42 Å². The van der Waals surface area contributed by atoms with Crippen LogP contribution in [0.15, 0.2) is 6.07 Å². The molecule has 0 bridgehead atoms. The molecule has 0 spiro atoms. The van der Waals surface area contributed by atoms with E-state index in [2.05, 4.69) is 0 Å². The third kappa shape index (κ3) is 3.51. The van der Waals surface area contributed by atoms with E-state index in [0.717, 1.165) is 6.42 Å². The number of carbonyl (C=O) groups is 1. The fourth-order valence-corrected chi connectivity index (χ4v) is 2.53. The van der Waals surface area contributed by atoms with Crippen LogP contribution in [-0.2, 0) is 4.79 Å². The van der Waals surface area contributed by atoms with E-state index in [0.29, 0.717) is 41.0 Å². The molecule has 0 radical (unpaired) electrons. The SMILES string of the molecule is COc1c(Cl)cc2c(c1C(N)CCC(=O)O)OCCCO2. The summed E-state index contributed by atoms with van der Waals surface area (Å²) in [6.07, 6.45) is 0.951. The second kappa shape index (κ2) is 6.87. The monoisotopic (exact) mass is 315 g/mol. The van der Waals surface area contributed by atoms with E-state index >= 15 is 0 Å². The number of methoxy groups -OCH3 is 1. The lowest BCUT2D eigenvalue weighted by Crippen LogP contribution is -2.15. The lowest BCUT2D eigenvalue weighted by Gasteiger charge is -2.21. The molecule has 0 fully saturated rings. The van der Waals surface area contributed by atoms with Gasteiger partial charge in [0.05, 0.1) is 30.9 Å². The third-order valence-corrected chi connectivity index (χ3v) is 3.51. The Morgan fingerprint density at radius 1 is 1.52 bits per heavy atom. The number of halogens is 1.